The number of fused-ring (bicyclic) bond motifs is 1. The predicted molar refractivity (Wildman–Crippen MR) is 144 cm³/mol. The van der Waals surface area contributed by atoms with E-state index >= 15 is 0 Å². The molecule has 0 saturated carbocycles. The van der Waals surface area contributed by atoms with Crippen LogP contribution in [0.5, 0.6) is 11.5 Å². The fourth-order valence-electron chi connectivity index (χ4n) is 4.57. The minimum atomic E-state index is -0.512. The zero-order valence-corrected chi connectivity index (χ0v) is 22.0. The van der Waals surface area contributed by atoms with Crippen molar-refractivity contribution in [1.82, 2.24) is 15.1 Å². The molecule has 1 atom stereocenters. The van der Waals surface area contributed by atoms with Crippen LogP contribution in [0.15, 0.2) is 48.5 Å². The van der Waals surface area contributed by atoms with Gasteiger partial charge in [-0.2, -0.15) is 16.9 Å². The fraction of sp³-hybridized carbons (Fsp3) is 0.333. The lowest BCUT2D eigenvalue weighted by atomic mass is 10.1. The van der Waals surface area contributed by atoms with Crippen LogP contribution >= 0.6 is 11.8 Å². The molecule has 2 aliphatic heterocycles. The molecule has 1 aromatic heterocycles. The molecular formula is C27H29N5O5S. The number of methoxy groups -OCH3 is 2. The molecule has 2 aromatic carbocycles. The van der Waals surface area contributed by atoms with Crippen LogP contribution in [0.2, 0.25) is 0 Å². The second-order valence-corrected chi connectivity index (χ2v) is 10.1. The molecule has 10 nitrogen and oxygen atoms in total. The Bertz CT molecular complexity index is 1340. The number of hydrogen-bond donors (Lipinski definition) is 2. The van der Waals surface area contributed by atoms with Crippen molar-refractivity contribution in [3.8, 4) is 11.5 Å². The number of carbonyl (C=O) groups excluding carboxylic acids is 3. The summed E-state index contributed by atoms with van der Waals surface area (Å²) in [4.78, 5) is 40.3. The van der Waals surface area contributed by atoms with Gasteiger partial charge in [0.1, 0.15) is 23.9 Å². The van der Waals surface area contributed by atoms with E-state index in [4.69, 9.17) is 9.47 Å². The third-order valence-electron chi connectivity index (χ3n) is 6.68. The number of ether oxygens (including phenoxy) is 2. The standard InChI is InChI=1S/C27H29N5O5S/c1-36-20-7-3-17(4-8-20)12-28-24(33)14-32-26(22-15-38-16-23(22)30-32)29-27(35)18-11-25(34)31(13-18)19-5-9-21(37-2)10-6-19/h3-10,18H,11-16H2,1-2H3,(H,28,33)(H,29,35). The van der Waals surface area contributed by atoms with E-state index in [-0.39, 0.29) is 37.2 Å². The average molecular weight is 536 g/mol. The van der Waals surface area contributed by atoms with E-state index in [0.29, 0.717) is 23.9 Å². The number of carbonyl (C=O) groups is 3. The van der Waals surface area contributed by atoms with E-state index in [9.17, 15) is 14.4 Å². The largest absolute Gasteiger partial charge is 0.497 e. The Morgan fingerprint density at radius 1 is 1.03 bits per heavy atom. The molecule has 3 heterocycles. The van der Waals surface area contributed by atoms with Crippen molar-refractivity contribution >= 4 is 41.0 Å². The zero-order valence-electron chi connectivity index (χ0n) is 21.2. The minimum absolute atomic E-state index is 0.0228. The van der Waals surface area contributed by atoms with Crippen molar-refractivity contribution in [2.24, 2.45) is 5.92 Å². The first-order chi connectivity index (χ1) is 18.4. The van der Waals surface area contributed by atoms with E-state index < -0.39 is 5.92 Å². The van der Waals surface area contributed by atoms with Gasteiger partial charge >= 0.3 is 0 Å². The van der Waals surface area contributed by atoms with Crippen molar-refractivity contribution in [2.75, 3.05) is 31.0 Å². The highest BCUT2D eigenvalue weighted by Crippen LogP contribution is 2.35. The number of nitrogens with one attached hydrogen (secondary N) is 2. The molecule has 5 rings (SSSR count). The van der Waals surface area contributed by atoms with Crippen LogP contribution in [0.1, 0.15) is 23.2 Å². The van der Waals surface area contributed by atoms with Crippen molar-refractivity contribution in [3.05, 3.63) is 65.4 Å². The second-order valence-electron chi connectivity index (χ2n) is 9.14. The molecular weight excluding hydrogens is 506 g/mol. The minimum Gasteiger partial charge on any atom is -0.497 e. The maximum Gasteiger partial charge on any atom is 0.242 e. The molecule has 0 bridgehead atoms. The molecule has 2 N–H and O–H groups in total. The summed E-state index contributed by atoms with van der Waals surface area (Å²) in [5, 5.41) is 10.5. The Kier molecular flexibility index (Phi) is 7.54. The molecule has 2 aliphatic rings. The maximum atomic E-state index is 13.3. The summed E-state index contributed by atoms with van der Waals surface area (Å²) in [6, 6.07) is 14.7. The first kappa shape index (κ1) is 25.7. The summed E-state index contributed by atoms with van der Waals surface area (Å²) >= 11 is 1.71. The van der Waals surface area contributed by atoms with E-state index in [1.165, 1.54) is 0 Å². The van der Waals surface area contributed by atoms with E-state index in [1.54, 1.807) is 59.8 Å². The van der Waals surface area contributed by atoms with Crippen LogP contribution in [0.3, 0.4) is 0 Å². The highest BCUT2D eigenvalue weighted by molar-refractivity contribution is 7.98. The van der Waals surface area contributed by atoms with Crippen molar-refractivity contribution in [1.29, 1.82) is 0 Å². The molecule has 1 fully saturated rings. The van der Waals surface area contributed by atoms with Crippen molar-refractivity contribution in [2.45, 2.75) is 31.0 Å². The Balaban J connectivity index is 1.24. The quantitative estimate of drug-likeness (QED) is 0.433. The van der Waals surface area contributed by atoms with E-state index in [1.807, 2.05) is 24.3 Å². The van der Waals surface area contributed by atoms with Gasteiger partial charge in [0.25, 0.3) is 0 Å². The Labute approximate surface area is 224 Å². The monoisotopic (exact) mass is 535 g/mol. The molecule has 38 heavy (non-hydrogen) atoms. The number of nitrogens with zero attached hydrogens (tertiary/aromatic N) is 3. The van der Waals surface area contributed by atoms with Gasteiger partial charge in [0.2, 0.25) is 17.7 Å². The first-order valence-electron chi connectivity index (χ1n) is 12.3. The Hall–Kier alpha value is -3.99. The van der Waals surface area contributed by atoms with Gasteiger partial charge in [-0.25, -0.2) is 4.68 Å². The number of benzene rings is 2. The van der Waals surface area contributed by atoms with Gasteiger partial charge in [-0.1, -0.05) is 12.1 Å². The van der Waals surface area contributed by atoms with Crippen LogP contribution in [-0.2, 0) is 39.0 Å². The summed E-state index contributed by atoms with van der Waals surface area (Å²) in [7, 11) is 3.19. The lowest BCUT2D eigenvalue weighted by molar-refractivity contribution is -0.122. The van der Waals surface area contributed by atoms with Crippen LogP contribution < -0.4 is 25.0 Å². The number of anilines is 2. The smallest absolute Gasteiger partial charge is 0.242 e. The van der Waals surface area contributed by atoms with Crippen LogP contribution in [-0.4, -0.2) is 48.3 Å². The van der Waals surface area contributed by atoms with Gasteiger partial charge in [-0.15, -0.1) is 0 Å². The maximum absolute atomic E-state index is 13.3. The van der Waals surface area contributed by atoms with Gasteiger partial charge < -0.3 is 25.0 Å². The van der Waals surface area contributed by atoms with Gasteiger partial charge in [0, 0.05) is 42.3 Å². The molecule has 1 unspecified atom stereocenters. The molecule has 3 aromatic rings. The molecule has 198 valence electrons. The number of rotatable bonds is 9. The third kappa shape index (κ3) is 5.47. The van der Waals surface area contributed by atoms with Crippen molar-refractivity contribution < 1.29 is 23.9 Å². The highest BCUT2D eigenvalue weighted by atomic mass is 32.2. The summed E-state index contributed by atoms with van der Waals surface area (Å²) in [5.41, 5.74) is 3.47. The van der Waals surface area contributed by atoms with Gasteiger partial charge in [-0.05, 0) is 42.0 Å². The molecule has 3 amide bonds. The zero-order chi connectivity index (χ0) is 26.6. The molecule has 0 radical (unpaired) electrons. The summed E-state index contributed by atoms with van der Waals surface area (Å²) < 4.78 is 11.9. The predicted octanol–water partition coefficient (Wildman–Crippen LogP) is 2.96. The molecule has 11 heteroatoms. The number of thioether (sulfide) groups is 1. The van der Waals surface area contributed by atoms with E-state index in [2.05, 4.69) is 15.7 Å². The number of amides is 3. The van der Waals surface area contributed by atoms with Gasteiger partial charge in [-0.3, -0.25) is 14.4 Å². The van der Waals surface area contributed by atoms with Gasteiger partial charge in [0.05, 0.1) is 25.8 Å². The topological polar surface area (TPSA) is 115 Å². The van der Waals surface area contributed by atoms with Crippen LogP contribution in [0.25, 0.3) is 0 Å². The normalized spacial score (nSPS) is 16.3. The second kappa shape index (κ2) is 11.2. The third-order valence-corrected chi connectivity index (χ3v) is 7.65. The summed E-state index contributed by atoms with van der Waals surface area (Å²) in [6.07, 6.45) is 0.116. The first-order valence-corrected chi connectivity index (χ1v) is 13.4. The fourth-order valence-corrected chi connectivity index (χ4v) is 5.60. The SMILES string of the molecule is COc1ccc(CNC(=O)Cn2nc3c(c2NC(=O)C2CC(=O)N(c4ccc(OC)cc4)C2)CSC3)cc1. The summed E-state index contributed by atoms with van der Waals surface area (Å²) in [5.74, 6) is 2.32. The van der Waals surface area contributed by atoms with Gasteiger partial charge in [0.15, 0.2) is 0 Å². The van der Waals surface area contributed by atoms with Crippen LogP contribution in [0, 0.1) is 5.92 Å². The number of aromatic nitrogens is 2. The van der Waals surface area contributed by atoms with E-state index in [0.717, 1.165) is 34.0 Å². The highest BCUT2D eigenvalue weighted by Gasteiger charge is 2.36. The Morgan fingerprint density at radius 2 is 1.71 bits per heavy atom. The number of hydrogen-bond acceptors (Lipinski definition) is 7. The molecule has 0 spiro atoms. The Morgan fingerprint density at radius 3 is 2.39 bits per heavy atom. The van der Waals surface area contributed by atoms with Crippen LogP contribution in [0.4, 0.5) is 11.5 Å². The molecule has 1 saturated heterocycles. The lowest BCUT2D eigenvalue weighted by Crippen LogP contribution is -2.31. The van der Waals surface area contributed by atoms with Crippen molar-refractivity contribution in [3.63, 3.8) is 0 Å². The average Bonchev–Trinajstić information content (AvgIpc) is 3.64. The lowest BCUT2D eigenvalue weighted by Gasteiger charge is -2.17. The molecule has 0 aliphatic carbocycles. The summed E-state index contributed by atoms with van der Waals surface area (Å²) in [6.45, 7) is 0.627.